The molecular weight excluding hydrogens is 358 g/mol. The van der Waals surface area contributed by atoms with Crippen LogP contribution in [0.5, 0.6) is 0 Å². The van der Waals surface area contributed by atoms with Crippen molar-refractivity contribution in [2.24, 2.45) is 5.92 Å². The lowest BCUT2D eigenvalue weighted by Gasteiger charge is -2.12. The summed E-state index contributed by atoms with van der Waals surface area (Å²) in [6, 6.07) is 8.96. The lowest BCUT2D eigenvalue weighted by molar-refractivity contribution is -0.119. The molecule has 5 rings (SSSR count). The predicted molar refractivity (Wildman–Crippen MR) is 107 cm³/mol. The van der Waals surface area contributed by atoms with Crippen molar-refractivity contribution in [3.8, 4) is 11.4 Å². The van der Waals surface area contributed by atoms with Crippen molar-refractivity contribution in [3.63, 3.8) is 0 Å². The molecule has 7 heteroatoms. The van der Waals surface area contributed by atoms with Gasteiger partial charge in [0.1, 0.15) is 0 Å². The molecule has 6 nitrogen and oxygen atoms in total. The van der Waals surface area contributed by atoms with E-state index in [4.69, 9.17) is 0 Å². The average Bonchev–Trinajstić information content (AvgIpc) is 3.60. The van der Waals surface area contributed by atoms with E-state index in [0.29, 0.717) is 17.7 Å². The molecule has 27 heavy (non-hydrogen) atoms. The molecule has 0 saturated heterocycles. The lowest BCUT2D eigenvalue weighted by atomic mass is 10.1. The summed E-state index contributed by atoms with van der Waals surface area (Å²) in [5.74, 6) is 2.03. The number of nitrogens with one attached hydrogen (secondary N) is 2. The van der Waals surface area contributed by atoms with E-state index in [-0.39, 0.29) is 11.9 Å². The first kappa shape index (κ1) is 16.9. The van der Waals surface area contributed by atoms with Gasteiger partial charge in [-0.05, 0) is 44.6 Å². The third kappa shape index (κ3) is 3.36. The van der Waals surface area contributed by atoms with Crippen molar-refractivity contribution in [3.05, 3.63) is 30.5 Å². The van der Waals surface area contributed by atoms with Crippen LogP contribution >= 0.6 is 11.8 Å². The summed E-state index contributed by atoms with van der Waals surface area (Å²) < 4.78 is 2.22. The molecule has 1 atom stereocenters. The largest absolute Gasteiger partial charge is 0.360 e. The number of rotatable bonds is 7. The summed E-state index contributed by atoms with van der Waals surface area (Å²) in [4.78, 5) is 15.6. The molecule has 0 spiro atoms. The van der Waals surface area contributed by atoms with Gasteiger partial charge < -0.3 is 10.3 Å². The van der Waals surface area contributed by atoms with Gasteiger partial charge in [0, 0.05) is 34.7 Å². The minimum atomic E-state index is 0.0818. The van der Waals surface area contributed by atoms with Gasteiger partial charge in [0.2, 0.25) is 5.91 Å². The Bertz CT molecular complexity index is 985. The molecule has 2 aliphatic carbocycles. The number of aromatic amines is 1. The highest BCUT2D eigenvalue weighted by Gasteiger charge is 2.32. The molecule has 0 bridgehead atoms. The Morgan fingerprint density at radius 1 is 1.30 bits per heavy atom. The van der Waals surface area contributed by atoms with E-state index >= 15 is 0 Å². The number of fused-ring (bicyclic) bond motifs is 1. The smallest absolute Gasteiger partial charge is 0.230 e. The number of para-hydroxylation sites is 1. The molecule has 0 unspecified atom stereocenters. The number of thioether (sulfide) groups is 1. The highest BCUT2D eigenvalue weighted by atomic mass is 32.2. The summed E-state index contributed by atoms with van der Waals surface area (Å²) in [5, 5.41) is 14.0. The molecule has 2 fully saturated rings. The third-order valence-corrected chi connectivity index (χ3v) is 6.40. The van der Waals surface area contributed by atoms with Crippen molar-refractivity contribution in [2.45, 2.75) is 49.8 Å². The Kier molecular flexibility index (Phi) is 4.19. The van der Waals surface area contributed by atoms with Crippen LogP contribution in [0, 0.1) is 5.92 Å². The highest BCUT2D eigenvalue weighted by molar-refractivity contribution is 7.99. The van der Waals surface area contributed by atoms with E-state index in [1.807, 2.05) is 18.3 Å². The summed E-state index contributed by atoms with van der Waals surface area (Å²) >= 11 is 1.49. The number of carbonyl (C=O) groups is 1. The number of H-pyrrole nitrogens is 1. The number of aromatic nitrogens is 4. The number of nitrogens with zero attached hydrogens (tertiary/aromatic N) is 3. The quantitative estimate of drug-likeness (QED) is 0.611. The number of carbonyl (C=O) groups excluding carboxylic acids is 1. The van der Waals surface area contributed by atoms with Gasteiger partial charge in [-0.25, -0.2) is 0 Å². The van der Waals surface area contributed by atoms with Gasteiger partial charge in [0.05, 0.1) is 5.75 Å². The van der Waals surface area contributed by atoms with Crippen LogP contribution in [0.25, 0.3) is 22.3 Å². The zero-order chi connectivity index (χ0) is 18.4. The molecular formula is C20H23N5OS. The van der Waals surface area contributed by atoms with Crippen molar-refractivity contribution in [1.82, 2.24) is 25.1 Å². The highest BCUT2D eigenvalue weighted by Crippen LogP contribution is 2.42. The van der Waals surface area contributed by atoms with Crippen LogP contribution < -0.4 is 5.32 Å². The lowest BCUT2D eigenvalue weighted by Crippen LogP contribution is -2.35. The Balaban J connectivity index is 1.37. The molecule has 0 aliphatic heterocycles. The standard InChI is InChI=1S/C20H23N5OS/c1-12(13-6-7-13)22-18(26)11-27-20-24-23-19(25(20)14-8-9-14)16-10-21-17-5-3-2-4-15(16)17/h2-5,10,12-14,21H,6-9,11H2,1H3,(H,22,26)/t12-/m1/s1. The van der Waals surface area contributed by atoms with Crippen molar-refractivity contribution < 1.29 is 4.79 Å². The van der Waals surface area contributed by atoms with E-state index in [1.165, 1.54) is 24.6 Å². The Morgan fingerprint density at radius 3 is 2.89 bits per heavy atom. The van der Waals surface area contributed by atoms with E-state index in [1.54, 1.807) is 0 Å². The van der Waals surface area contributed by atoms with Gasteiger partial charge in [-0.3, -0.25) is 9.36 Å². The first-order valence-corrected chi connectivity index (χ1v) is 10.6. The first-order valence-electron chi connectivity index (χ1n) is 9.64. The minimum Gasteiger partial charge on any atom is -0.360 e. The molecule has 3 aromatic rings. The van der Waals surface area contributed by atoms with Crippen molar-refractivity contribution in [1.29, 1.82) is 0 Å². The van der Waals surface area contributed by atoms with Gasteiger partial charge in [0.25, 0.3) is 0 Å². The predicted octanol–water partition coefficient (Wildman–Crippen LogP) is 3.77. The number of amides is 1. The van der Waals surface area contributed by atoms with Crippen LogP contribution in [0.4, 0.5) is 0 Å². The van der Waals surface area contributed by atoms with E-state index in [2.05, 4.69) is 44.1 Å². The SMILES string of the molecule is C[C@@H](NC(=O)CSc1nnc(-c2c[nH]c3ccccc23)n1C1CC1)C1CC1. The molecule has 1 amide bonds. The van der Waals surface area contributed by atoms with Gasteiger partial charge in [-0.2, -0.15) is 0 Å². The van der Waals surface area contributed by atoms with Crippen LogP contribution in [0.3, 0.4) is 0 Å². The molecule has 2 aliphatic rings. The maximum Gasteiger partial charge on any atom is 0.230 e. The normalized spacial score (nSPS) is 18.0. The zero-order valence-corrected chi connectivity index (χ0v) is 16.1. The summed E-state index contributed by atoms with van der Waals surface area (Å²) in [6.07, 6.45) is 6.76. The molecule has 2 saturated carbocycles. The van der Waals surface area contributed by atoms with Gasteiger partial charge in [-0.15, -0.1) is 10.2 Å². The number of benzene rings is 1. The first-order chi connectivity index (χ1) is 13.2. The Hall–Kier alpha value is -2.28. The fourth-order valence-electron chi connectivity index (χ4n) is 3.62. The monoisotopic (exact) mass is 381 g/mol. The maximum atomic E-state index is 12.3. The minimum absolute atomic E-state index is 0.0818. The molecule has 0 radical (unpaired) electrons. The van der Waals surface area contributed by atoms with E-state index in [0.717, 1.165) is 40.3 Å². The third-order valence-electron chi connectivity index (χ3n) is 5.46. The second kappa shape index (κ2) is 6.71. The molecule has 1 aromatic carbocycles. The summed E-state index contributed by atoms with van der Waals surface area (Å²) in [6.45, 7) is 2.10. The second-order valence-electron chi connectivity index (χ2n) is 7.64. The Morgan fingerprint density at radius 2 is 2.11 bits per heavy atom. The molecule has 2 heterocycles. The van der Waals surface area contributed by atoms with Crippen LogP contribution in [-0.2, 0) is 4.79 Å². The van der Waals surface area contributed by atoms with E-state index in [9.17, 15) is 4.79 Å². The van der Waals surface area contributed by atoms with Crippen LogP contribution in [-0.4, -0.2) is 37.5 Å². The summed E-state index contributed by atoms with van der Waals surface area (Å²) in [7, 11) is 0. The maximum absolute atomic E-state index is 12.3. The van der Waals surface area contributed by atoms with Gasteiger partial charge >= 0.3 is 0 Å². The molecule has 2 aromatic heterocycles. The topological polar surface area (TPSA) is 75.6 Å². The zero-order valence-electron chi connectivity index (χ0n) is 15.3. The number of hydrogen-bond donors (Lipinski definition) is 2. The van der Waals surface area contributed by atoms with Crippen LogP contribution in [0.1, 0.15) is 38.6 Å². The van der Waals surface area contributed by atoms with Crippen molar-refractivity contribution >= 4 is 28.6 Å². The number of hydrogen-bond acceptors (Lipinski definition) is 4. The average molecular weight is 382 g/mol. The van der Waals surface area contributed by atoms with Gasteiger partial charge in [0.15, 0.2) is 11.0 Å². The molecule has 2 N–H and O–H groups in total. The Labute approximate surface area is 162 Å². The fraction of sp³-hybridized carbons (Fsp3) is 0.450. The fourth-order valence-corrected chi connectivity index (χ4v) is 4.43. The second-order valence-corrected chi connectivity index (χ2v) is 8.58. The van der Waals surface area contributed by atoms with Crippen LogP contribution in [0.2, 0.25) is 0 Å². The van der Waals surface area contributed by atoms with Crippen molar-refractivity contribution in [2.75, 3.05) is 5.75 Å². The van der Waals surface area contributed by atoms with Gasteiger partial charge in [-0.1, -0.05) is 30.0 Å². The van der Waals surface area contributed by atoms with Crippen LogP contribution in [0.15, 0.2) is 35.6 Å². The molecule has 140 valence electrons. The summed E-state index contributed by atoms with van der Waals surface area (Å²) in [5.41, 5.74) is 2.17. The van der Waals surface area contributed by atoms with E-state index < -0.39 is 0 Å².